The molecule has 0 fully saturated rings. The summed E-state index contributed by atoms with van der Waals surface area (Å²) in [7, 11) is 1.59. The van der Waals surface area contributed by atoms with Gasteiger partial charge in [-0.15, -0.1) is 0 Å². The highest BCUT2D eigenvalue weighted by molar-refractivity contribution is 5.87. The third-order valence-corrected chi connectivity index (χ3v) is 4.22. The number of hydrogen-bond donors (Lipinski definition) is 1. The minimum absolute atomic E-state index is 0.233. The van der Waals surface area contributed by atoms with Crippen LogP contribution in [0.25, 0.3) is 22.6 Å². The van der Waals surface area contributed by atoms with Crippen LogP contribution in [0.5, 0.6) is 5.88 Å². The van der Waals surface area contributed by atoms with Gasteiger partial charge in [-0.25, -0.2) is 19.9 Å². The number of anilines is 2. The number of hydrogen-bond acceptors (Lipinski definition) is 6. The van der Waals surface area contributed by atoms with E-state index in [0.29, 0.717) is 17.5 Å². The fourth-order valence-electron chi connectivity index (χ4n) is 2.80. The standard InChI is InChI=1S/C20H20N6O/c1-13(2)26-12-22-17-19(23-15-7-5-4-6-8-15)24-18(25-20(17)26)14-9-10-16(27-3)21-11-14/h4-13H,1-3H3,(H,23,24,25). The van der Waals surface area contributed by atoms with Crippen molar-refractivity contribution >= 4 is 22.7 Å². The van der Waals surface area contributed by atoms with E-state index in [1.165, 1.54) is 0 Å². The van der Waals surface area contributed by atoms with Gasteiger partial charge < -0.3 is 14.6 Å². The summed E-state index contributed by atoms with van der Waals surface area (Å²) < 4.78 is 7.17. The second-order valence-electron chi connectivity index (χ2n) is 6.39. The van der Waals surface area contributed by atoms with Gasteiger partial charge in [0.2, 0.25) is 5.88 Å². The molecule has 1 N–H and O–H groups in total. The SMILES string of the molecule is COc1ccc(-c2nc(Nc3ccccc3)c3ncn(C(C)C)c3n2)cn1. The first-order chi connectivity index (χ1) is 13.2. The summed E-state index contributed by atoms with van der Waals surface area (Å²) in [6.45, 7) is 4.20. The van der Waals surface area contributed by atoms with Crippen LogP contribution in [0, 0.1) is 0 Å². The highest BCUT2D eigenvalue weighted by atomic mass is 16.5. The van der Waals surface area contributed by atoms with E-state index in [1.54, 1.807) is 25.7 Å². The van der Waals surface area contributed by atoms with E-state index < -0.39 is 0 Å². The number of nitrogens with zero attached hydrogens (tertiary/aromatic N) is 5. The second-order valence-corrected chi connectivity index (χ2v) is 6.39. The number of fused-ring (bicyclic) bond motifs is 1. The Kier molecular flexibility index (Phi) is 4.42. The lowest BCUT2D eigenvalue weighted by Gasteiger charge is -2.11. The van der Waals surface area contributed by atoms with E-state index in [0.717, 1.165) is 22.4 Å². The van der Waals surface area contributed by atoms with E-state index >= 15 is 0 Å². The van der Waals surface area contributed by atoms with Gasteiger partial charge in [-0.2, -0.15) is 0 Å². The van der Waals surface area contributed by atoms with E-state index in [-0.39, 0.29) is 6.04 Å². The molecule has 136 valence electrons. The van der Waals surface area contributed by atoms with Crippen molar-refractivity contribution in [1.29, 1.82) is 0 Å². The van der Waals surface area contributed by atoms with Crippen LogP contribution in [0.2, 0.25) is 0 Å². The number of nitrogens with one attached hydrogen (secondary N) is 1. The summed E-state index contributed by atoms with van der Waals surface area (Å²) in [6.07, 6.45) is 3.51. The maximum absolute atomic E-state index is 5.14. The predicted molar refractivity (Wildman–Crippen MR) is 105 cm³/mol. The molecule has 0 unspecified atom stereocenters. The molecule has 0 saturated heterocycles. The molecule has 4 rings (SSSR count). The zero-order valence-electron chi connectivity index (χ0n) is 15.4. The molecule has 4 aromatic rings. The van der Waals surface area contributed by atoms with Crippen LogP contribution < -0.4 is 10.1 Å². The number of para-hydroxylation sites is 1. The van der Waals surface area contributed by atoms with Crippen LogP contribution in [-0.2, 0) is 0 Å². The van der Waals surface area contributed by atoms with Gasteiger partial charge in [0.05, 0.1) is 13.4 Å². The smallest absolute Gasteiger partial charge is 0.212 e. The molecule has 0 aliphatic carbocycles. The van der Waals surface area contributed by atoms with Crippen LogP contribution in [0.3, 0.4) is 0 Å². The van der Waals surface area contributed by atoms with Crippen LogP contribution in [0.15, 0.2) is 55.0 Å². The van der Waals surface area contributed by atoms with Gasteiger partial charge in [0.1, 0.15) is 0 Å². The third-order valence-electron chi connectivity index (χ3n) is 4.22. The normalized spacial score (nSPS) is 11.1. The summed E-state index contributed by atoms with van der Waals surface area (Å²) in [4.78, 5) is 18.3. The minimum Gasteiger partial charge on any atom is -0.481 e. The second kappa shape index (κ2) is 7.03. The third kappa shape index (κ3) is 3.31. The Morgan fingerprint density at radius 3 is 2.48 bits per heavy atom. The van der Waals surface area contributed by atoms with Crippen molar-refractivity contribution < 1.29 is 4.74 Å². The monoisotopic (exact) mass is 360 g/mol. The molecule has 0 radical (unpaired) electrons. The molecule has 3 heterocycles. The summed E-state index contributed by atoms with van der Waals surface area (Å²) in [5.41, 5.74) is 3.27. The van der Waals surface area contributed by atoms with Gasteiger partial charge in [0.25, 0.3) is 0 Å². The molecule has 0 bridgehead atoms. The van der Waals surface area contributed by atoms with Gasteiger partial charge in [0.15, 0.2) is 22.8 Å². The first-order valence-corrected chi connectivity index (χ1v) is 8.73. The molecule has 0 spiro atoms. The van der Waals surface area contributed by atoms with Gasteiger partial charge in [0, 0.05) is 29.6 Å². The van der Waals surface area contributed by atoms with Crippen molar-refractivity contribution in [2.75, 3.05) is 12.4 Å². The molecule has 0 saturated carbocycles. The molecule has 0 atom stereocenters. The predicted octanol–water partition coefficient (Wildman–Crippen LogP) is 4.22. The van der Waals surface area contributed by atoms with E-state index in [1.807, 2.05) is 41.0 Å². The van der Waals surface area contributed by atoms with Gasteiger partial charge >= 0.3 is 0 Å². The van der Waals surface area contributed by atoms with Crippen LogP contribution in [0.4, 0.5) is 11.5 Å². The van der Waals surface area contributed by atoms with Crippen LogP contribution in [-0.4, -0.2) is 31.6 Å². The first kappa shape index (κ1) is 17.0. The van der Waals surface area contributed by atoms with Crippen molar-refractivity contribution in [1.82, 2.24) is 24.5 Å². The zero-order valence-corrected chi connectivity index (χ0v) is 15.4. The van der Waals surface area contributed by atoms with E-state index in [2.05, 4.69) is 29.1 Å². The Labute approximate surface area is 157 Å². The average Bonchev–Trinajstić information content (AvgIpc) is 3.13. The van der Waals surface area contributed by atoms with E-state index in [4.69, 9.17) is 14.7 Å². The molecule has 7 heteroatoms. The summed E-state index contributed by atoms with van der Waals surface area (Å²) in [6, 6.07) is 13.8. The molecular weight excluding hydrogens is 340 g/mol. The van der Waals surface area contributed by atoms with Gasteiger partial charge in [-0.1, -0.05) is 18.2 Å². The maximum Gasteiger partial charge on any atom is 0.212 e. The van der Waals surface area contributed by atoms with Crippen molar-refractivity contribution in [2.24, 2.45) is 0 Å². The van der Waals surface area contributed by atoms with Gasteiger partial charge in [-0.05, 0) is 32.0 Å². The largest absolute Gasteiger partial charge is 0.481 e. The van der Waals surface area contributed by atoms with Gasteiger partial charge in [-0.3, -0.25) is 0 Å². The molecule has 0 aliphatic heterocycles. The average molecular weight is 360 g/mol. The highest BCUT2D eigenvalue weighted by Crippen LogP contribution is 2.28. The molecule has 1 aromatic carbocycles. The number of pyridine rings is 1. The molecule has 0 aliphatic rings. The topological polar surface area (TPSA) is 77.8 Å². The van der Waals surface area contributed by atoms with Crippen LogP contribution >= 0.6 is 0 Å². The van der Waals surface area contributed by atoms with Crippen molar-refractivity contribution in [3.63, 3.8) is 0 Å². The number of methoxy groups -OCH3 is 1. The quantitative estimate of drug-likeness (QED) is 0.574. The zero-order chi connectivity index (χ0) is 18.8. The Hall–Kier alpha value is -3.48. The Morgan fingerprint density at radius 2 is 1.81 bits per heavy atom. The molecule has 0 amide bonds. The van der Waals surface area contributed by atoms with Crippen molar-refractivity contribution in [3.05, 3.63) is 55.0 Å². The lowest BCUT2D eigenvalue weighted by molar-refractivity contribution is 0.398. The summed E-state index contributed by atoms with van der Waals surface area (Å²) >= 11 is 0. The molecule has 27 heavy (non-hydrogen) atoms. The summed E-state index contributed by atoms with van der Waals surface area (Å²) in [5, 5.41) is 3.36. The molecular formula is C20H20N6O. The Balaban J connectivity index is 1.87. The van der Waals surface area contributed by atoms with E-state index in [9.17, 15) is 0 Å². The molecule has 7 nitrogen and oxygen atoms in total. The number of imidazole rings is 1. The lowest BCUT2D eigenvalue weighted by Crippen LogP contribution is -2.04. The fraction of sp³-hybridized carbons (Fsp3) is 0.200. The number of rotatable bonds is 5. The van der Waals surface area contributed by atoms with Crippen molar-refractivity contribution in [2.45, 2.75) is 19.9 Å². The first-order valence-electron chi connectivity index (χ1n) is 8.73. The fourth-order valence-corrected chi connectivity index (χ4v) is 2.80. The van der Waals surface area contributed by atoms with Crippen LogP contribution in [0.1, 0.15) is 19.9 Å². The highest BCUT2D eigenvalue weighted by Gasteiger charge is 2.16. The Morgan fingerprint density at radius 1 is 1.00 bits per heavy atom. The van der Waals surface area contributed by atoms with Crippen molar-refractivity contribution in [3.8, 4) is 17.3 Å². The molecule has 3 aromatic heterocycles. The number of aromatic nitrogens is 5. The maximum atomic E-state index is 5.14. The minimum atomic E-state index is 0.233. The Bertz CT molecular complexity index is 1060. The lowest BCUT2D eigenvalue weighted by atomic mass is 10.2. The number of ether oxygens (including phenoxy) is 1. The summed E-state index contributed by atoms with van der Waals surface area (Å²) in [5.74, 6) is 1.80. The number of benzene rings is 1.